The number of benzene rings is 3. The van der Waals surface area contributed by atoms with Crippen LogP contribution in [0.4, 0.5) is 5.69 Å². The van der Waals surface area contributed by atoms with Crippen molar-refractivity contribution in [2.24, 2.45) is 0 Å². The van der Waals surface area contributed by atoms with Crippen molar-refractivity contribution in [3.63, 3.8) is 0 Å². The molecule has 2 heterocycles. The van der Waals surface area contributed by atoms with Crippen molar-refractivity contribution in [3.8, 4) is 22.4 Å². The monoisotopic (exact) mass is 422 g/mol. The summed E-state index contributed by atoms with van der Waals surface area (Å²) in [6.07, 6.45) is 0.612. The predicted octanol–water partition coefficient (Wildman–Crippen LogP) is 4.86. The Morgan fingerprint density at radius 3 is 2.19 bits per heavy atom. The number of nitro benzene ring substituents is 1. The Labute approximate surface area is 182 Å². The maximum absolute atomic E-state index is 13.0. The number of hydrogen-bond donors (Lipinski definition) is 1. The molecule has 0 spiro atoms. The number of nitrogens with zero attached hydrogens (tertiary/aromatic N) is 3. The number of nitro groups is 1. The fraction of sp³-hybridized carbons (Fsp3) is 0.0400. The maximum Gasteiger partial charge on any atom is 0.273 e. The molecule has 0 bridgehead atoms. The molecule has 3 aromatic carbocycles. The number of hydrogen-bond acceptors (Lipinski definition) is 4. The summed E-state index contributed by atoms with van der Waals surface area (Å²) in [5.41, 5.74) is 5.16. The largest absolute Gasteiger partial charge is 0.293 e. The van der Waals surface area contributed by atoms with Crippen LogP contribution in [0.15, 0.2) is 95.8 Å². The fourth-order valence-corrected chi connectivity index (χ4v) is 3.82. The van der Waals surface area contributed by atoms with Crippen molar-refractivity contribution in [1.29, 1.82) is 0 Å². The first-order chi connectivity index (χ1) is 15.6. The van der Waals surface area contributed by atoms with Gasteiger partial charge in [0.25, 0.3) is 11.2 Å². The van der Waals surface area contributed by atoms with Crippen LogP contribution in [-0.4, -0.2) is 19.5 Å². The number of non-ortho nitro benzene ring substituents is 1. The van der Waals surface area contributed by atoms with E-state index in [0.717, 1.165) is 22.4 Å². The van der Waals surface area contributed by atoms with E-state index in [1.54, 1.807) is 12.1 Å². The lowest BCUT2D eigenvalue weighted by atomic mass is 10.0. The molecule has 32 heavy (non-hydrogen) atoms. The molecule has 0 amide bonds. The van der Waals surface area contributed by atoms with E-state index in [2.05, 4.69) is 5.10 Å². The molecule has 0 fully saturated rings. The van der Waals surface area contributed by atoms with Gasteiger partial charge in [-0.3, -0.25) is 20.0 Å². The van der Waals surface area contributed by atoms with Crippen LogP contribution in [0.2, 0.25) is 0 Å². The third-order valence-electron chi connectivity index (χ3n) is 5.35. The van der Waals surface area contributed by atoms with E-state index >= 15 is 0 Å². The van der Waals surface area contributed by atoms with Gasteiger partial charge in [-0.1, -0.05) is 60.7 Å². The fourth-order valence-electron chi connectivity index (χ4n) is 3.82. The first-order valence-corrected chi connectivity index (χ1v) is 10.1. The maximum atomic E-state index is 13.0. The van der Waals surface area contributed by atoms with Gasteiger partial charge in [0.2, 0.25) is 0 Å². The van der Waals surface area contributed by atoms with Crippen molar-refractivity contribution in [2.75, 3.05) is 0 Å². The van der Waals surface area contributed by atoms with Crippen LogP contribution >= 0.6 is 0 Å². The summed E-state index contributed by atoms with van der Waals surface area (Å²) in [6.45, 7) is 0. The summed E-state index contributed by atoms with van der Waals surface area (Å²) in [5.74, 6) is 0. The third kappa shape index (κ3) is 3.56. The lowest BCUT2D eigenvalue weighted by Crippen LogP contribution is -2.14. The molecular formula is C25H18N4O3. The quantitative estimate of drug-likeness (QED) is 0.323. The standard InChI is InChI=1S/C25H18N4O3/c30-23-16-21(18-11-13-20(14-12-18)29(31)32)26-25-24(19-9-5-2-6-10-19)22(27-28(23)25)15-17-7-3-1-4-8-17/h1-14,16,27H,15H2. The molecule has 156 valence electrons. The zero-order chi connectivity index (χ0) is 22.1. The van der Waals surface area contributed by atoms with Crippen molar-refractivity contribution < 1.29 is 4.92 Å². The minimum absolute atomic E-state index is 0.0108. The number of nitrogens with one attached hydrogen (secondary N) is 1. The first kappa shape index (κ1) is 19.4. The Bertz CT molecular complexity index is 1470. The summed E-state index contributed by atoms with van der Waals surface area (Å²) < 4.78 is 1.45. The zero-order valence-corrected chi connectivity index (χ0v) is 16.9. The van der Waals surface area contributed by atoms with E-state index in [4.69, 9.17) is 4.98 Å². The Morgan fingerprint density at radius 1 is 0.875 bits per heavy atom. The van der Waals surface area contributed by atoms with Gasteiger partial charge in [0.05, 0.1) is 10.6 Å². The molecule has 5 rings (SSSR count). The molecule has 0 atom stereocenters. The van der Waals surface area contributed by atoms with Crippen LogP contribution in [0, 0.1) is 10.1 Å². The van der Waals surface area contributed by atoms with Gasteiger partial charge in [0, 0.05) is 41.4 Å². The van der Waals surface area contributed by atoms with Gasteiger partial charge < -0.3 is 0 Å². The minimum Gasteiger partial charge on any atom is -0.293 e. The Kier molecular flexibility index (Phi) is 4.84. The predicted molar refractivity (Wildman–Crippen MR) is 123 cm³/mol. The van der Waals surface area contributed by atoms with Crippen LogP contribution in [-0.2, 0) is 6.42 Å². The highest BCUT2D eigenvalue weighted by Gasteiger charge is 2.18. The van der Waals surface area contributed by atoms with Crippen LogP contribution in [0.25, 0.3) is 28.0 Å². The number of aromatic amines is 1. The molecule has 0 saturated carbocycles. The molecule has 1 N–H and O–H groups in total. The minimum atomic E-state index is -0.454. The van der Waals surface area contributed by atoms with Crippen LogP contribution in [0.5, 0.6) is 0 Å². The Morgan fingerprint density at radius 2 is 1.53 bits per heavy atom. The van der Waals surface area contributed by atoms with E-state index in [9.17, 15) is 14.9 Å². The molecule has 0 aliphatic carbocycles. The normalized spacial score (nSPS) is 11.0. The molecule has 2 aromatic heterocycles. The van der Waals surface area contributed by atoms with Gasteiger partial charge in [-0.25, -0.2) is 9.50 Å². The van der Waals surface area contributed by atoms with E-state index in [0.29, 0.717) is 23.3 Å². The molecule has 0 aliphatic rings. The topological polar surface area (TPSA) is 93.3 Å². The highest BCUT2D eigenvalue weighted by atomic mass is 16.6. The van der Waals surface area contributed by atoms with Crippen molar-refractivity contribution in [2.45, 2.75) is 6.42 Å². The molecule has 0 aliphatic heterocycles. The zero-order valence-electron chi connectivity index (χ0n) is 16.9. The molecule has 0 saturated heterocycles. The van der Waals surface area contributed by atoms with Crippen LogP contribution in [0.1, 0.15) is 11.3 Å². The highest BCUT2D eigenvalue weighted by Crippen LogP contribution is 2.30. The summed E-state index contributed by atoms with van der Waals surface area (Å²) in [7, 11) is 0. The second-order valence-corrected chi connectivity index (χ2v) is 7.44. The number of aromatic nitrogens is 3. The van der Waals surface area contributed by atoms with Gasteiger partial charge >= 0.3 is 0 Å². The van der Waals surface area contributed by atoms with E-state index in [1.807, 2.05) is 60.7 Å². The van der Waals surface area contributed by atoms with Crippen molar-refractivity contribution in [1.82, 2.24) is 14.6 Å². The molecule has 7 heteroatoms. The van der Waals surface area contributed by atoms with Crippen LogP contribution < -0.4 is 5.56 Å². The summed E-state index contributed by atoms with van der Waals surface area (Å²) in [4.78, 5) is 28.3. The van der Waals surface area contributed by atoms with E-state index in [1.165, 1.54) is 22.7 Å². The molecule has 0 radical (unpaired) electrons. The first-order valence-electron chi connectivity index (χ1n) is 10.1. The van der Waals surface area contributed by atoms with Gasteiger partial charge in [0.15, 0.2) is 5.65 Å². The average Bonchev–Trinajstić information content (AvgIpc) is 3.19. The average molecular weight is 422 g/mol. The second kappa shape index (κ2) is 7.96. The number of H-pyrrole nitrogens is 1. The van der Waals surface area contributed by atoms with Gasteiger partial charge in [-0.15, -0.1) is 0 Å². The molecule has 5 aromatic rings. The smallest absolute Gasteiger partial charge is 0.273 e. The second-order valence-electron chi connectivity index (χ2n) is 7.44. The van der Waals surface area contributed by atoms with E-state index < -0.39 is 4.92 Å². The summed E-state index contributed by atoms with van der Waals surface area (Å²) in [5, 5.41) is 14.2. The Balaban J connectivity index is 1.71. The lowest BCUT2D eigenvalue weighted by Gasteiger charge is -2.05. The third-order valence-corrected chi connectivity index (χ3v) is 5.35. The van der Waals surface area contributed by atoms with Gasteiger partial charge in [-0.2, -0.15) is 0 Å². The van der Waals surface area contributed by atoms with Gasteiger partial charge in [0.1, 0.15) is 0 Å². The molecular weight excluding hydrogens is 404 g/mol. The Hall–Kier alpha value is -4.52. The molecule has 0 unspecified atom stereocenters. The van der Waals surface area contributed by atoms with Gasteiger partial charge in [-0.05, 0) is 23.3 Å². The lowest BCUT2D eigenvalue weighted by molar-refractivity contribution is -0.384. The van der Waals surface area contributed by atoms with Crippen molar-refractivity contribution in [3.05, 3.63) is 123 Å². The molecule has 7 nitrogen and oxygen atoms in total. The van der Waals surface area contributed by atoms with E-state index in [-0.39, 0.29) is 11.2 Å². The SMILES string of the molecule is O=c1cc(-c2ccc([N+](=O)[O-])cc2)nc2c(-c3ccccc3)c(Cc3ccccc3)[nH]n12. The number of fused-ring (bicyclic) bond motifs is 1. The van der Waals surface area contributed by atoms with Crippen LogP contribution in [0.3, 0.4) is 0 Å². The highest BCUT2D eigenvalue weighted by molar-refractivity contribution is 5.81. The van der Waals surface area contributed by atoms with Crippen molar-refractivity contribution >= 4 is 11.3 Å². The number of rotatable bonds is 5. The summed E-state index contributed by atoms with van der Waals surface area (Å²) in [6, 6.07) is 27.3. The summed E-state index contributed by atoms with van der Waals surface area (Å²) >= 11 is 0.